The Kier molecular flexibility index (Phi) is 5.02. The molecule has 27 heavy (non-hydrogen) atoms. The Morgan fingerprint density at radius 2 is 1.89 bits per heavy atom. The van der Waals surface area contributed by atoms with E-state index in [9.17, 15) is 27.9 Å². The number of carboxylic acids is 1. The first-order valence-electron chi connectivity index (χ1n) is 7.89. The number of hydrogen-bond donors (Lipinski definition) is 3. The smallest absolute Gasteiger partial charge is 0.352 e. The highest BCUT2D eigenvalue weighted by atomic mass is 32.2. The third-order valence-corrected chi connectivity index (χ3v) is 7.01. The molecule has 144 valence electrons. The second-order valence-corrected chi connectivity index (χ2v) is 8.97. The molecule has 1 saturated heterocycles. The molecule has 2 amide bonds. The van der Waals surface area contributed by atoms with E-state index in [2.05, 4.69) is 10.0 Å². The van der Waals surface area contributed by atoms with Gasteiger partial charge in [0.2, 0.25) is 21.8 Å². The highest BCUT2D eigenvalue weighted by Gasteiger charge is 2.54. The van der Waals surface area contributed by atoms with Crippen LogP contribution in [0.4, 0.5) is 5.69 Å². The van der Waals surface area contributed by atoms with Gasteiger partial charge in [0.05, 0.1) is 4.90 Å². The fourth-order valence-corrected chi connectivity index (χ4v) is 5.48. The second-order valence-electron chi connectivity index (χ2n) is 6.15. The maximum atomic E-state index is 12.6. The maximum absolute atomic E-state index is 12.6. The van der Waals surface area contributed by atoms with Crippen LogP contribution in [0.15, 0.2) is 40.4 Å². The Morgan fingerprint density at radius 3 is 2.44 bits per heavy atom. The van der Waals surface area contributed by atoms with Crippen molar-refractivity contribution in [3.8, 4) is 0 Å². The first-order valence-corrected chi connectivity index (χ1v) is 10.4. The molecule has 0 saturated carbocycles. The first-order chi connectivity index (χ1) is 12.6. The lowest BCUT2D eigenvalue weighted by molar-refractivity contribution is -0.148. The van der Waals surface area contributed by atoms with Gasteiger partial charge in [-0.05, 0) is 36.8 Å². The number of benzene rings is 1. The van der Waals surface area contributed by atoms with Crippen LogP contribution in [0, 0.1) is 0 Å². The van der Waals surface area contributed by atoms with Crippen molar-refractivity contribution in [2.45, 2.75) is 30.2 Å². The van der Waals surface area contributed by atoms with Gasteiger partial charge >= 0.3 is 5.97 Å². The molecule has 9 nitrogen and oxygen atoms in total. The molecule has 3 N–H and O–H groups in total. The van der Waals surface area contributed by atoms with Gasteiger partial charge in [0.1, 0.15) is 17.1 Å². The van der Waals surface area contributed by atoms with Gasteiger partial charge in [0, 0.05) is 18.4 Å². The molecule has 2 aliphatic rings. The average Bonchev–Trinajstić information content (AvgIpc) is 2.59. The lowest BCUT2D eigenvalue weighted by Gasteiger charge is -2.49. The summed E-state index contributed by atoms with van der Waals surface area (Å²) in [6.45, 7) is 2.97. The number of carboxylic acid groups (broad SMARTS) is 1. The Labute approximate surface area is 159 Å². The van der Waals surface area contributed by atoms with Crippen LogP contribution in [0.2, 0.25) is 0 Å². The van der Waals surface area contributed by atoms with E-state index in [-0.39, 0.29) is 16.5 Å². The first kappa shape index (κ1) is 19.4. The van der Waals surface area contributed by atoms with E-state index in [0.717, 1.165) is 4.90 Å². The predicted octanol–water partition coefficient (Wildman–Crippen LogP) is 0.566. The summed E-state index contributed by atoms with van der Waals surface area (Å²) in [4.78, 5) is 35.9. The Morgan fingerprint density at radius 1 is 1.26 bits per heavy atom. The lowest BCUT2D eigenvalue weighted by Crippen LogP contribution is -2.70. The SMILES string of the molecule is CC(=O)Nc1ccc(S(=O)(=O)N[C@@H]2C(=O)N3C(C(=O)O)=C(C)CS[C@H]23)cc1. The van der Waals surface area contributed by atoms with Crippen LogP contribution in [0.1, 0.15) is 13.8 Å². The largest absolute Gasteiger partial charge is 0.477 e. The average molecular weight is 411 g/mol. The number of hydrogen-bond acceptors (Lipinski definition) is 6. The number of rotatable bonds is 5. The van der Waals surface area contributed by atoms with Crippen LogP contribution in [-0.4, -0.2) is 53.4 Å². The quantitative estimate of drug-likeness (QED) is 0.603. The molecule has 0 spiro atoms. The minimum absolute atomic E-state index is 0.0613. The number of anilines is 1. The van der Waals surface area contributed by atoms with E-state index in [1.165, 1.54) is 43.0 Å². The highest BCUT2D eigenvalue weighted by molar-refractivity contribution is 8.00. The van der Waals surface area contributed by atoms with Crippen molar-refractivity contribution in [1.82, 2.24) is 9.62 Å². The van der Waals surface area contributed by atoms with Crippen molar-refractivity contribution in [2.24, 2.45) is 0 Å². The Balaban J connectivity index is 1.77. The zero-order valence-electron chi connectivity index (χ0n) is 14.4. The van der Waals surface area contributed by atoms with Gasteiger partial charge in [-0.1, -0.05) is 0 Å². The molecular weight excluding hydrogens is 394 g/mol. The molecule has 3 rings (SSSR count). The van der Waals surface area contributed by atoms with Crippen molar-refractivity contribution in [3.63, 3.8) is 0 Å². The Bertz CT molecular complexity index is 955. The molecule has 0 aromatic heterocycles. The van der Waals surface area contributed by atoms with E-state index >= 15 is 0 Å². The second kappa shape index (κ2) is 6.98. The molecule has 2 atom stereocenters. The number of fused-ring (bicyclic) bond motifs is 1. The molecular formula is C16H17N3O6S2. The van der Waals surface area contributed by atoms with Crippen LogP contribution in [0.5, 0.6) is 0 Å². The summed E-state index contributed by atoms with van der Waals surface area (Å²) in [5.41, 5.74) is 0.924. The standard InChI is InChI=1S/C16H17N3O6S2/c1-8-7-26-15-12(14(21)19(15)13(8)16(22)23)18-27(24,25)11-5-3-10(4-6-11)17-9(2)20/h3-6,12,15,18H,7H2,1-2H3,(H,17,20)(H,22,23)/t12-,15-/m1/s1. The molecule has 2 aliphatic heterocycles. The summed E-state index contributed by atoms with van der Waals surface area (Å²) in [5.74, 6) is -1.68. The lowest BCUT2D eigenvalue weighted by atomic mass is 10.0. The minimum atomic E-state index is -3.99. The van der Waals surface area contributed by atoms with Crippen LogP contribution in [0.25, 0.3) is 0 Å². The summed E-state index contributed by atoms with van der Waals surface area (Å²) in [6, 6.07) is 4.48. The topological polar surface area (TPSA) is 133 Å². The van der Waals surface area contributed by atoms with Crippen molar-refractivity contribution in [3.05, 3.63) is 35.5 Å². The van der Waals surface area contributed by atoms with Gasteiger partial charge < -0.3 is 10.4 Å². The van der Waals surface area contributed by atoms with E-state index < -0.39 is 33.3 Å². The van der Waals surface area contributed by atoms with E-state index in [1.54, 1.807) is 6.92 Å². The predicted molar refractivity (Wildman–Crippen MR) is 98.3 cm³/mol. The third-order valence-electron chi connectivity index (χ3n) is 4.13. The highest BCUT2D eigenvalue weighted by Crippen LogP contribution is 2.40. The summed E-state index contributed by atoms with van der Waals surface area (Å²) in [6.07, 6.45) is 0. The molecule has 0 radical (unpaired) electrons. The number of sulfonamides is 1. The number of carbonyl (C=O) groups excluding carboxylic acids is 2. The summed E-state index contributed by atoms with van der Waals surface area (Å²) in [7, 11) is -3.99. The van der Waals surface area contributed by atoms with Crippen molar-refractivity contribution < 1.29 is 27.9 Å². The monoisotopic (exact) mass is 411 g/mol. The number of thioether (sulfide) groups is 1. The van der Waals surface area contributed by atoms with Crippen molar-refractivity contribution >= 4 is 45.3 Å². The van der Waals surface area contributed by atoms with Crippen LogP contribution >= 0.6 is 11.8 Å². The van der Waals surface area contributed by atoms with Gasteiger partial charge in [0.25, 0.3) is 0 Å². The molecule has 1 aromatic rings. The minimum Gasteiger partial charge on any atom is -0.477 e. The zero-order valence-corrected chi connectivity index (χ0v) is 16.1. The number of nitrogens with zero attached hydrogens (tertiary/aromatic N) is 1. The molecule has 0 unspecified atom stereocenters. The number of nitrogens with one attached hydrogen (secondary N) is 2. The van der Waals surface area contributed by atoms with E-state index in [0.29, 0.717) is 17.0 Å². The maximum Gasteiger partial charge on any atom is 0.352 e. The van der Waals surface area contributed by atoms with E-state index in [1.807, 2.05) is 0 Å². The van der Waals surface area contributed by atoms with Crippen LogP contribution in [0.3, 0.4) is 0 Å². The van der Waals surface area contributed by atoms with Crippen molar-refractivity contribution in [2.75, 3.05) is 11.1 Å². The molecule has 1 fully saturated rings. The van der Waals surface area contributed by atoms with Gasteiger partial charge in [-0.2, -0.15) is 4.72 Å². The van der Waals surface area contributed by atoms with E-state index in [4.69, 9.17) is 0 Å². The molecule has 1 aromatic carbocycles. The molecule has 0 aliphatic carbocycles. The van der Waals surface area contributed by atoms with Gasteiger partial charge in [0.15, 0.2) is 0 Å². The number of aliphatic carboxylic acids is 1. The number of amides is 2. The van der Waals surface area contributed by atoms with Crippen LogP contribution < -0.4 is 10.0 Å². The van der Waals surface area contributed by atoms with Gasteiger partial charge in [-0.25, -0.2) is 13.2 Å². The van der Waals surface area contributed by atoms with Gasteiger partial charge in [-0.3, -0.25) is 14.5 Å². The van der Waals surface area contributed by atoms with Crippen molar-refractivity contribution in [1.29, 1.82) is 0 Å². The number of β-lactam (4-membered cyclic amide) rings is 1. The molecule has 11 heteroatoms. The Hall–Kier alpha value is -2.37. The molecule has 2 heterocycles. The molecule has 0 bridgehead atoms. The zero-order chi connectivity index (χ0) is 19.9. The summed E-state index contributed by atoms with van der Waals surface area (Å²) < 4.78 is 27.5. The third kappa shape index (κ3) is 3.57. The summed E-state index contributed by atoms with van der Waals surface area (Å²) in [5, 5.41) is 11.2. The normalized spacial score (nSPS) is 22.1. The fraction of sp³-hybridized carbons (Fsp3) is 0.312. The number of carbonyl (C=O) groups is 3. The summed E-state index contributed by atoms with van der Waals surface area (Å²) >= 11 is 1.31. The van der Waals surface area contributed by atoms with Gasteiger partial charge in [-0.15, -0.1) is 11.8 Å². The van der Waals surface area contributed by atoms with Crippen LogP contribution in [-0.2, 0) is 24.4 Å². The fourth-order valence-electron chi connectivity index (χ4n) is 2.91.